The van der Waals surface area contributed by atoms with Gasteiger partial charge in [-0.05, 0) is 36.4 Å². The second-order valence-electron chi connectivity index (χ2n) is 4.45. The van der Waals surface area contributed by atoms with E-state index >= 15 is 0 Å². The summed E-state index contributed by atoms with van der Waals surface area (Å²) in [6, 6.07) is 7.20. The molecule has 0 saturated heterocycles. The zero-order valence-corrected chi connectivity index (χ0v) is 12.9. The summed E-state index contributed by atoms with van der Waals surface area (Å²) in [5.74, 6) is -2.12. The molecule has 9 heteroatoms. The van der Waals surface area contributed by atoms with E-state index < -0.39 is 37.2 Å². The van der Waals surface area contributed by atoms with Crippen molar-refractivity contribution in [1.29, 1.82) is 0 Å². The molecule has 0 atom stereocenters. The third kappa shape index (κ3) is 3.42. The molecule has 22 heavy (non-hydrogen) atoms. The molecule has 0 saturated carbocycles. The maximum atomic E-state index is 13.5. The van der Waals surface area contributed by atoms with E-state index in [0.29, 0.717) is 0 Å². The van der Waals surface area contributed by atoms with Gasteiger partial charge in [-0.25, -0.2) is 25.6 Å². The molecule has 2 aromatic carbocycles. The molecule has 1 N–H and O–H groups in total. The van der Waals surface area contributed by atoms with Crippen LogP contribution in [0.5, 0.6) is 0 Å². The van der Waals surface area contributed by atoms with Crippen LogP contribution in [0.4, 0.5) is 14.5 Å². The highest BCUT2D eigenvalue weighted by atomic mass is 32.2. The van der Waals surface area contributed by atoms with E-state index in [9.17, 15) is 25.6 Å². The Morgan fingerprint density at radius 2 is 1.27 bits per heavy atom. The molecular weight excluding hydrogens is 336 g/mol. The Labute approximate surface area is 126 Å². The third-order valence-corrected chi connectivity index (χ3v) is 5.26. The van der Waals surface area contributed by atoms with Crippen molar-refractivity contribution >= 4 is 25.5 Å². The van der Waals surface area contributed by atoms with Crippen molar-refractivity contribution in [2.24, 2.45) is 0 Å². The van der Waals surface area contributed by atoms with Gasteiger partial charge in [0.25, 0.3) is 10.0 Å². The van der Waals surface area contributed by atoms with Gasteiger partial charge in [-0.15, -0.1) is 0 Å². The van der Waals surface area contributed by atoms with Crippen LogP contribution in [0.2, 0.25) is 0 Å². The van der Waals surface area contributed by atoms with Gasteiger partial charge < -0.3 is 0 Å². The van der Waals surface area contributed by atoms with Gasteiger partial charge in [-0.1, -0.05) is 6.07 Å². The molecule has 0 aromatic heterocycles. The van der Waals surface area contributed by atoms with Crippen LogP contribution in [0.15, 0.2) is 52.3 Å². The van der Waals surface area contributed by atoms with Crippen molar-refractivity contribution in [1.82, 2.24) is 0 Å². The fourth-order valence-electron chi connectivity index (χ4n) is 1.65. The minimum atomic E-state index is -4.25. The Balaban J connectivity index is 2.39. The number of sulfone groups is 1. The Morgan fingerprint density at radius 1 is 0.818 bits per heavy atom. The van der Waals surface area contributed by atoms with Gasteiger partial charge in [-0.2, -0.15) is 0 Å². The number of halogens is 2. The van der Waals surface area contributed by atoms with Crippen molar-refractivity contribution in [2.45, 2.75) is 9.79 Å². The van der Waals surface area contributed by atoms with Gasteiger partial charge in [0.2, 0.25) is 0 Å². The largest absolute Gasteiger partial charge is 0.274 e. The fourth-order valence-corrected chi connectivity index (χ4v) is 3.36. The maximum absolute atomic E-state index is 13.5. The second-order valence-corrected chi connectivity index (χ2v) is 8.14. The van der Waals surface area contributed by atoms with Crippen LogP contribution in [0.25, 0.3) is 0 Å². The molecule has 0 aliphatic rings. The molecule has 2 aromatic rings. The fraction of sp³-hybridized carbons (Fsp3) is 0.0769. The predicted octanol–water partition coefficient (Wildman–Crippen LogP) is 2.17. The number of para-hydroxylation sites is 1. The summed E-state index contributed by atoms with van der Waals surface area (Å²) in [4.78, 5) is -0.383. The lowest BCUT2D eigenvalue weighted by Crippen LogP contribution is -2.15. The van der Waals surface area contributed by atoms with E-state index in [0.717, 1.165) is 48.7 Å². The number of rotatable bonds is 4. The van der Waals surface area contributed by atoms with Gasteiger partial charge in [0, 0.05) is 6.26 Å². The van der Waals surface area contributed by atoms with Crippen molar-refractivity contribution < 1.29 is 25.6 Å². The minimum Gasteiger partial charge on any atom is -0.274 e. The molecular formula is C13H11F2NO4S2. The summed E-state index contributed by atoms with van der Waals surface area (Å²) in [6.07, 6.45) is 0.976. The highest BCUT2D eigenvalue weighted by molar-refractivity contribution is 7.92. The van der Waals surface area contributed by atoms with Gasteiger partial charge in [-0.3, -0.25) is 4.72 Å². The number of hydrogen-bond acceptors (Lipinski definition) is 4. The molecule has 0 fully saturated rings. The number of nitrogens with one attached hydrogen (secondary N) is 1. The zero-order valence-electron chi connectivity index (χ0n) is 11.2. The Kier molecular flexibility index (Phi) is 4.21. The van der Waals surface area contributed by atoms with E-state index in [4.69, 9.17) is 0 Å². The molecule has 0 radical (unpaired) electrons. The van der Waals surface area contributed by atoms with Crippen LogP contribution in [0.3, 0.4) is 0 Å². The lowest BCUT2D eigenvalue weighted by Gasteiger charge is -2.10. The van der Waals surface area contributed by atoms with Crippen molar-refractivity contribution in [3.05, 3.63) is 54.1 Å². The first-order valence-corrected chi connectivity index (χ1v) is 9.26. The van der Waals surface area contributed by atoms with Crippen LogP contribution >= 0.6 is 0 Å². The van der Waals surface area contributed by atoms with E-state index in [-0.39, 0.29) is 9.79 Å². The topological polar surface area (TPSA) is 80.3 Å². The molecule has 0 aliphatic carbocycles. The summed E-state index contributed by atoms with van der Waals surface area (Å²) in [5.41, 5.74) is -0.797. The predicted molar refractivity (Wildman–Crippen MR) is 76.7 cm³/mol. The lowest BCUT2D eigenvalue weighted by atomic mass is 10.3. The molecule has 0 bridgehead atoms. The van der Waals surface area contributed by atoms with E-state index in [1.807, 2.05) is 0 Å². The summed E-state index contributed by atoms with van der Waals surface area (Å²) in [7, 11) is -7.72. The average Bonchev–Trinajstić information content (AvgIpc) is 2.42. The van der Waals surface area contributed by atoms with Gasteiger partial charge >= 0.3 is 0 Å². The standard InChI is InChI=1S/C13H11F2NO4S2/c1-21(17,18)9-5-7-10(8-6-9)22(19,20)16-13-11(14)3-2-4-12(13)15/h2-8,16H,1H3. The van der Waals surface area contributed by atoms with Crippen molar-refractivity contribution in [2.75, 3.05) is 11.0 Å². The Hall–Kier alpha value is -2.00. The highest BCUT2D eigenvalue weighted by Crippen LogP contribution is 2.23. The number of sulfonamides is 1. The molecule has 2 rings (SSSR count). The van der Waals surface area contributed by atoms with Crippen LogP contribution in [0.1, 0.15) is 0 Å². The molecule has 0 spiro atoms. The Bertz CT molecular complexity index is 887. The van der Waals surface area contributed by atoms with Gasteiger partial charge in [0.15, 0.2) is 9.84 Å². The molecule has 0 amide bonds. The molecule has 118 valence electrons. The van der Waals surface area contributed by atoms with Gasteiger partial charge in [0.05, 0.1) is 9.79 Å². The molecule has 0 aliphatic heterocycles. The summed E-state index contributed by atoms with van der Waals surface area (Å²) in [6.45, 7) is 0. The lowest BCUT2D eigenvalue weighted by molar-refractivity contribution is 0.583. The van der Waals surface area contributed by atoms with Crippen molar-refractivity contribution in [3.63, 3.8) is 0 Å². The Morgan fingerprint density at radius 3 is 1.73 bits per heavy atom. The summed E-state index contributed by atoms with van der Waals surface area (Å²) in [5, 5.41) is 0. The number of anilines is 1. The monoisotopic (exact) mass is 347 g/mol. The third-order valence-electron chi connectivity index (χ3n) is 2.76. The quantitative estimate of drug-likeness (QED) is 0.919. The molecule has 0 unspecified atom stereocenters. The average molecular weight is 347 g/mol. The normalized spacial score (nSPS) is 12.1. The number of benzene rings is 2. The zero-order chi connectivity index (χ0) is 16.5. The first kappa shape index (κ1) is 16.4. The van der Waals surface area contributed by atoms with E-state index in [1.165, 1.54) is 0 Å². The molecule has 0 heterocycles. The first-order valence-electron chi connectivity index (χ1n) is 5.88. The summed E-state index contributed by atoms with van der Waals surface area (Å²) >= 11 is 0. The van der Waals surface area contributed by atoms with E-state index in [1.54, 1.807) is 4.72 Å². The molecule has 5 nitrogen and oxygen atoms in total. The highest BCUT2D eigenvalue weighted by Gasteiger charge is 2.19. The number of hydrogen-bond donors (Lipinski definition) is 1. The van der Waals surface area contributed by atoms with Crippen LogP contribution in [0, 0.1) is 11.6 Å². The van der Waals surface area contributed by atoms with E-state index in [2.05, 4.69) is 0 Å². The second kappa shape index (κ2) is 5.65. The SMILES string of the molecule is CS(=O)(=O)c1ccc(S(=O)(=O)Nc2c(F)cccc2F)cc1. The first-order chi connectivity index (χ1) is 10.1. The van der Waals surface area contributed by atoms with Crippen LogP contribution in [-0.4, -0.2) is 23.1 Å². The van der Waals surface area contributed by atoms with Crippen molar-refractivity contribution in [3.8, 4) is 0 Å². The summed E-state index contributed by atoms with van der Waals surface area (Å²) < 4.78 is 75.5. The van der Waals surface area contributed by atoms with Crippen LogP contribution in [-0.2, 0) is 19.9 Å². The minimum absolute atomic E-state index is 0.0662. The maximum Gasteiger partial charge on any atom is 0.262 e. The van der Waals surface area contributed by atoms with Crippen LogP contribution < -0.4 is 4.72 Å². The van der Waals surface area contributed by atoms with Gasteiger partial charge in [0.1, 0.15) is 17.3 Å². The smallest absolute Gasteiger partial charge is 0.262 e.